The molecule has 0 bridgehead atoms. The minimum Gasteiger partial charge on any atom is -0.335 e. The predicted molar refractivity (Wildman–Crippen MR) is 56.1 cm³/mol. The van der Waals surface area contributed by atoms with Crippen molar-refractivity contribution in [3.63, 3.8) is 0 Å². The molecule has 0 N–H and O–H groups in total. The van der Waals surface area contributed by atoms with Crippen molar-refractivity contribution in [1.82, 2.24) is 9.80 Å². The summed E-state index contributed by atoms with van der Waals surface area (Å²) in [7, 11) is 2.16. The molecule has 1 aliphatic carbocycles. The highest BCUT2D eigenvalue weighted by molar-refractivity contribution is 5.74. The number of carbonyl (C=O) groups is 1. The van der Waals surface area contributed by atoms with Crippen LogP contribution in [0, 0.1) is 0 Å². The SMILES string of the molecule is CC(=O)N1CCN(C)CC12CCCC2. The third-order valence-electron chi connectivity index (χ3n) is 3.76. The fourth-order valence-corrected chi connectivity index (χ4v) is 3.13. The molecule has 0 unspecified atom stereocenters. The average molecular weight is 196 g/mol. The maximum atomic E-state index is 11.6. The van der Waals surface area contributed by atoms with Gasteiger partial charge in [-0.3, -0.25) is 4.79 Å². The number of rotatable bonds is 0. The van der Waals surface area contributed by atoms with Crippen LogP contribution in [0.25, 0.3) is 0 Å². The van der Waals surface area contributed by atoms with Gasteiger partial charge >= 0.3 is 0 Å². The number of hydrogen-bond acceptors (Lipinski definition) is 2. The Hall–Kier alpha value is -0.570. The average Bonchev–Trinajstić information content (AvgIpc) is 2.52. The summed E-state index contributed by atoms with van der Waals surface area (Å²) in [5.41, 5.74) is 0.193. The van der Waals surface area contributed by atoms with Crippen molar-refractivity contribution < 1.29 is 4.79 Å². The van der Waals surface area contributed by atoms with Crippen molar-refractivity contribution in [3.05, 3.63) is 0 Å². The zero-order valence-electron chi connectivity index (χ0n) is 9.25. The number of carbonyl (C=O) groups excluding carboxylic acids is 1. The first-order chi connectivity index (χ1) is 6.64. The van der Waals surface area contributed by atoms with Crippen LogP contribution in [0.5, 0.6) is 0 Å². The van der Waals surface area contributed by atoms with Gasteiger partial charge in [-0.2, -0.15) is 0 Å². The van der Waals surface area contributed by atoms with E-state index < -0.39 is 0 Å². The summed E-state index contributed by atoms with van der Waals surface area (Å²) >= 11 is 0. The van der Waals surface area contributed by atoms with E-state index in [-0.39, 0.29) is 11.4 Å². The fraction of sp³-hybridized carbons (Fsp3) is 0.909. The van der Waals surface area contributed by atoms with Crippen LogP contribution in [-0.4, -0.2) is 47.9 Å². The molecule has 0 aromatic rings. The second kappa shape index (κ2) is 3.54. The van der Waals surface area contributed by atoms with Gasteiger partial charge in [-0.25, -0.2) is 0 Å². The van der Waals surface area contributed by atoms with Crippen LogP contribution in [-0.2, 0) is 4.79 Å². The third kappa shape index (κ3) is 1.54. The third-order valence-corrected chi connectivity index (χ3v) is 3.76. The Morgan fingerprint density at radius 1 is 1.21 bits per heavy atom. The summed E-state index contributed by atoms with van der Waals surface area (Å²) in [4.78, 5) is 16.1. The Morgan fingerprint density at radius 2 is 1.86 bits per heavy atom. The molecule has 0 aromatic carbocycles. The fourth-order valence-electron chi connectivity index (χ4n) is 3.13. The molecule has 3 heteroatoms. The van der Waals surface area contributed by atoms with E-state index in [0.29, 0.717) is 0 Å². The quantitative estimate of drug-likeness (QED) is 0.579. The van der Waals surface area contributed by atoms with Gasteiger partial charge in [0.1, 0.15) is 0 Å². The molecule has 1 saturated carbocycles. The molecule has 2 aliphatic rings. The van der Waals surface area contributed by atoms with Gasteiger partial charge in [-0.05, 0) is 19.9 Å². The summed E-state index contributed by atoms with van der Waals surface area (Å²) in [5, 5.41) is 0. The number of hydrogen-bond donors (Lipinski definition) is 0. The first-order valence-corrected chi connectivity index (χ1v) is 5.61. The molecule has 80 valence electrons. The topological polar surface area (TPSA) is 23.6 Å². The molecule has 1 heterocycles. The van der Waals surface area contributed by atoms with Crippen molar-refractivity contribution in [3.8, 4) is 0 Å². The summed E-state index contributed by atoms with van der Waals surface area (Å²) in [6, 6.07) is 0. The highest BCUT2D eigenvalue weighted by Crippen LogP contribution is 2.37. The van der Waals surface area contributed by atoms with Gasteiger partial charge in [0.2, 0.25) is 5.91 Å². The monoisotopic (exact) mass is 196 g/mol. The van der Waals surface area contributed by atoms with Crippen LogP contribution in [0.15, 0.2) is 0 Å². The van der Waals surface area contributed by atoms with Crippen LogP contribution in [0.3, 0.4) is 0 Å². The molecule has 2 fully saturated rings. The Kier molecular flexibility index (Phi) is 2.52. The highest BCUT2D eigenvalue weighted by atomic mass is 16.2. The molecule has 1 saturated heterocycles. The number of piperazine rings is 1. The maximum Gasteiger partial charge on any atom is 0.219 e. The largest absolute Gasteiger partial charge is 0.335 e. The molecule has 2 rings (SSSR count). The Morgan fingerprint density at radius 3 is 2.43 bits per heavy atom. The van der Waals surface area contributed by atoms with Crippen molar-refractivity contribution in [2.45, 2.75) is 38.1 Å². The van der Waals surface area contributed by atoms with Crippen molar-refractivity contribution in [2.75, 3.05) is 26.7 Å². The number of likely N-dealkylation sites (N-methyl/N-ethyl adjacent to an activating group) is 1. The van der Waals surface area contributed by atoms with E-state index >= 15 is 0 Å². The Balaban J connectivity index is 2.18. The van der Waals surface area contributed by atoms with E-state index in [0.717, 1.165) is 19.6 Å². The number of amides is 1. The first kappa shape index (κ1) is 9.97. The summed E-state index contributed by atoms with van der Waals surface area (Å²) in [6.45, 7) is 4.74. The lowest BCUT2D eigenvalue weighted by atomic mass is 9.92. The lowest BCUT2D eigenvalue weighted by Crippen LogP contribution is -2.61. The van der Waals surface area contributed by atoms with Gasteiger partial charge < -0.3 is 9.80 Å². The maximum absolute atomic E-state index is 11.6. The van der Waals surface area contributed by atoms with E-state index in [9.17, 15) is 4.79 Å². The number of nitrogens with zero attached hydrogens (tertiary/aromatic N) is 2. The minimum atomic E-state index is 0.193. The summed E-state index contributed by atoms with van der Waals surface area (Å²) < 4.78 is 0. The van der Waals surface area contributed by atoms with Gasteiger partial charge in [-0.1, -0.05) is 12.8 Å². The van der Waals surface area contributed by atoms with Gasteiger partial charge in [0, 0.05) is 26.6 Å². The van der Waals surface area contributed by atoms with Crippen molar-refractivity contribution in [1.29, 1.82) is 0 Å². The zero-order valence-corrected chi connectivity index (χ0v) is 9.25. The second-order valence-corrected chi connectivity index (χ2v) is 4.84. The van der Waals surface area contributed by atoms with Crippen molar-refractivity contribution >= 4 is 5.91 Å². The Bertz CT molecular complexity index is 233. The van der Waals surface area contributed by atoms with Crippen LogP contribution in [0.2, 0.25) is 0 Å². The second-order valence-electron chi connectivity index (χ2n) is 4.84. The normalized spacial score (nSPS) is 27.1. The molecule has 14 heavy (non-hydrogen) atoms. The van der Waals surface area contributed by atoms with Crippen molar-refractivity contribution in [2.24, 2.45) is 0 Å². The molecular weight excluding hydrogens is 176 g/mol. The molecular formula is C11H20N2O. The van der Waals surface area contributed by atoms with E-state index in [2.05, 4.69) is 16.8 Å². The summed E-state index contributed by atoms with van der Waals surface area (Å²) in [6.07, 6.45) is 4.99. The minimum absolute atomic E-state index is 0.193. The van der Waals surface area contributed by atoms with Gasteiger partial charge in [0.25, 0.3) is 0 Å². The predicted octanol–water partition coefficient (Wildman–Crippen LogP) is 1.09. The zero-order chi connectivity index (χ0) is 10.2. The highest BCUT2D eigenvalue weighted by Gasteiger charge is 2.43. The van der Waals surface area contributed by atoms with E-state index in [1.54, 1.807) is 6.92 Å². The molecule has 0 radical (unpaired) electrons. The van der Waals surface area contributed by atoms with Gasteiger partial charge in [-0.15, -0.1) is 0 Å². The lowest BCUT2D eigenvalue weighted by Gasteiger charge is -2.48. The van der Waals surface area contributed by atoms with Crippen LogP contribution in [0.1, 0.15) is 32.6 Å². The molecule has 1 spiro atoms. The van der Waals surface area contributed by atoms with E-state index in [1.807, 2.05) is 0 Å². The van der Waals surface area contributed by atoms with Crippen LogP contribution < -0.4 is 0 Å². The summed E-state index contributed by atoms with van der Waals surface area (Å²) in [5.74, 6) is 0.264. The smallest absolute Gasteiger partial charge is 0.219 e. The van der Waals surface area contributed by atoms with E-state index in [1.165, 1.54) is 25.7 Å². The van der Waals surface area contributed by atoms with E-state index in [4.69, 9.17) is 0 Å². The Labute approximate surface area is 86.1 Å². The molecule has 1 aliphatic heterocycles. The van der Waals surface area contributed by atoms with Gasteiger partial charge in [0.15, 0.2) is 0 Å². The lowest BCUT2D eigenvalue weighted by molar-refractivity contribution is -0.139. The molecule has 0 atom stereocenters. The van der Waals surface area contributed by atoms with Gasteiger partial charge in [0.05, 0.1) is 5.54 Å². The molecule has 1 amide bonds. The van der Waals surface area contributed by atoms with Crippen LogP contribution >= 0.6 is 0 Å². The standard InChI is InChI=1S/C11H20N2O/c1-10(14)13-8-7-12(2)9-11(13)5-3-4-6-11/h3-9H2,1-2H3. The molecule has 3 nitrogen and oxygen atoms in total. The first-order valence-electron chi connectivity index (χ1n) is 5.61. The van der Waals surface area contributed by atoms with Crippen LogP contribution in [0.4, 0.5) is 0 Å². The molecule has 0 aromatic heterocycles.